The molecule has 0 aromatic heterocycles. The summed E-state index contributed by atoms with van der Waals surface area (Å²) in [5.41, 5.74) is 0.283. The maximum Gasteiger partial charge on any atom is 0.338 e. The van der Waals surface area contributed by atoms with Gasteiger partial charge in [-0.1, -0.05) is 15.9 Å². The molecule has 0 saturated heterocycles. The lowest BCUT2D eigenvalue weighted by Crippen LogP contribution is -2.11. The first kappa shape index (κ1) is 13.2. The molecule has 0 aliphatic heterocycles. The van der Waals surface area contributed by atoms with Gasteiger partial charge in [-0.15, -0.1) is 0 Å². The van der Waals surface area contributed by atoms with Gasteiger partial charge in [0, 0.05) is 4.47 Å². The number of hydrogen-bond donors (Lipinski definition) is 0. The summed E-state index contributed by atoms with van der Waals surface area (Å²) in [4.78, 5) is 26.2. The fourth-order valence-corrected chi connectivity index (χ4v) is 1.64. The Bertz CT molecular complexity index is 519. The number of methoxy groups -OCH3 is 2. The molecule has 0 spiro atoms. The number of benzene rings is 1. The summed E-state index contributed by atoms with van der Waals surface area (Å²) >= 11 is 3.14. The van der Waals surface area contributed by atoms with Crippen LogP contribution < -0.4 is 0 Å². The molecule has 0 amide bonds. The summed E-state index contributed by atoms with van der Waals surface area (Å²) < 4.78 is 9.52. The molecular weight excluding hydrogens is 290 g/mol. The van der Waals surface area contributed by atoms with Crippen molar-refractivity contribution in [3.63, 3.8) is 0 Å². The van der Waals surface area contributed by atoms with Gasteiger partial charge >= 0.3 is 11.9 Å². The van der Waals surface area contributed by atoms with E-state index in [0.717, 1.165) is 0 Å². The van der Waals surface area contributed by atoms with Crippen LogP contribution in [-0.4, -0.2) is 26.2 Å². The summed E-state index contributed by atoms with van der Waals surface area (Å²) in [6, 6.07) is 2.65. The number of nitrogens with zero attached hydrogens (tertiary/aromatic N) is 1. The highest BCUT2D eigenvalue weighted by Crippen LogP contribution is 2.29. The quantitative estimate of drug-likeness (QED) is 0.622. The monoisotopic (exact) mass is 297 g/mol. The topological polar surface area (TPSA) is 57.0 Å². The summed E-state index contributed by atoms with van der Waals surface area (Å²) in [5.74, 6) is -1.36. The van der Waals surface area contributed by atoms with E-state index < -0.39 is 11.9 Å². The van der Waals surface area contributed by atoms with Gasteiger partial charge in [0.05, 0.1) is 31.9 Å². The molecule has 0 fully saturated rings. The van der Waals surface area contributed by atoms with Gasteiger partial charge in [-0.25, -0.2) is 14.4 Å². The van der Waals surface area contributed by atoms with Crippen molar-refractivity contribution in [2.45, 2.75) is 0 Å². The van der Waals surface area contributed by atoms with Crippen molar-refractivity contribution in [2.24, 2.45) is 0 Å². The van der Waals surface area contributed by atoms with Crippen molar-refractivity contribution in [2.75, 3.05) is 14.2 Å². The molecule has 5 nitrogen and oxygen atoms in total. The van der Waals surface area contributed by atoms with E-state index in [1.807, 2.05) is 0 Å². The Balaban J connectivity index is 3.48. The summed E-state index contributed by atoms with van der Waals surface area (Å²) in [7, 11) is 2.41. The largest absolute Gasteiger partial charge is 0.465 e. The Morgan fingerprint density at radius 3 is 2.06 bits per heavy atom. The number of carbonyl (C=O) groups is 2. The fourth-order valence-electron chi connectivity index (χ4n) is 1.21. The second-order valence-electron chi connectivity index (χ2n) is 2.94. The number of rotatable bonds is 2. The molecule has 0 atom stereocenters. The minimum absolute atomic E-state index is 0.00792. The summed E-state index contributed by atoms with van der Waals surface area (Å²) in [6.07, 6.45) is 0. The van der Waals surface area contributed by atoms with E-state index in [1.54, 1.807) is 0 Å². The lowest BCUT2D eigenvalue weighted by molar-refractivity contribution is 0.0555. The first-order valence-corrected chi connectivity index (χ1v) is 5.22. The molecule has 0 heterocycles. The first-order valence-electron chi connectivity index (χ1n) is 4.42. The molecule has 0 N–H and O–H groups in total. The van der Waals surface area contributed by atoms with Crippen molar-refractivity contribution >= 4 is 33.6 Å². The lowest BCUT2D eigenvalue weighted by atomic mass is 10.1. The van der Waals surface area contributed by atoms with Crippen molar-refractivity contribution in [1.29, 1.82) is 0 Å². The van der Waals surface area contributed by atoms with E-state index in [4.69, 9.17) is 6.57 Å². The molecular formula is C11H8BrNO4. The van der Waals surface area contributed by atoms with Crippen molar-refractivity contribution in [3.8, 4) is 0 Å². The average molecular weight is 298 g/mol. The minimum Gasteiger partial charge on any atom is -0.465 e. The van der Waals surface area contributed by atoms with Gasteiger partial charge in [0.1, 0.15) is 0 Å². The fraction of sp³-hybridized carbons (Fsp3) is 0.182. The van der Waals surface area contributed by atoms with Gasteiger partial charge in [-0.05, 0) is 12.1 Å². The highest BCUT2D eigenvalue weighted by molar-refractivity contribution is 9.10. The highest BCUT2D eigenvalue weighted by atomic mass is 79.9. The van der Waals surface area contributed by atoms with Crippen LogP contribution in [0.5, 0.6) is 0 Å². The van der Waals surface area contributed by atoms with Crippen LogP contribution in [0.1, 0.15) is 20.7 Å². The van der Waals surface area contributed by atoms with Crippen LogP contribution in [0.4, 0.5) is 5.69 Å². The number of hydrogen-bond acceptors (Lipinski definition) is 4. The molecule has 0 bridgehead atoms. The first-order chi connectivity index (χ1) is 8.04. The van der Waals surface area contributed by atoms with Gasteiger partial charge in [-0.3, -0.25) is 0 Å². The number of esters is 2. The normalized spacial score (nSPS) is 9.29. The third-order valence-electron chi connectivity index (χ3n) is 2.02. The van der Waals surface area contributed by atoms with E-state index in [2.05, 4.69) is 30.2 Å². The molecule has 1 aromatic rings. The van der Waals surface area contributed by atoms with E-state index >= 15 is 0 Å². The van der Waals surface area contributed by atoms with E-state index in [9.17, 15) is 9.59 Å². The average Bonchev–Trinajstić information content (AvgIpc) is 2.36. The van der Waals surface area contributed by atoms with Crippen LogP contribution in [0, 0.1) is 6.57 Å². The van der Waals surface area contributed by atoms with Gasteiger partial charge in [0.15, 0.2) is 0 Å². The molecule has 88 valence electrons. The molecule has 17 heavy (non-hydrogen) atoms. The molecule has 0 aliphatic rings. The third-order valence-corrected chi connectivity index (χ3v) is 2.65. The molecule has 0 aliphatic carbocycles. The van der Waals surface area contributed by atoms with Crippen LogP contribution >= 0.6 is 15.9 Å². The lowest BCUT2D eigenvalue weighted by Gasteiger charge is -2.08. The zero-order chi connectivity index (χ0) is 13.0. The predicted octanol–water partition coefficient (Wildman–Crippen LogP) is 2.57. The SMILES string of the molecule is [C-]#[N+]c1cc(C(=O)OC)c(C(=O)OC)cc1Br. The van der Waals surface area contributed by atoms with Crippen LogP contribution in [0.25, 0.3) is 4.85 Å². The van der Waals surface area contributed by atoms with Gasteiger partial charge < -0.3 is 9.47 Å². The van der Waals surface area contributed by atoms with E-state index in [-0.39, 0.29) is 16.8 Å². The predicted molar refractivity (Wildman–Crippen MR) is 63.1 cm³/mol. The molecule has 0 unspecified atom stereocenters. The zero-order valence-electron chi connectivity index (χ0n) is 9.11. The van der Waals surface area contributed by atoms with Crippen LogP contribution in [-0.2, 0) is 9.47 Å². The Morgan fingerprint density at radius 2 is 1.65 bits per heavy atom. The van der Waals surface area contributed by atoms with Crippen molar-refractivity contribution in [1.82, 2.24) is 0 Å². The van der Waals surface area contributed by atoms with E-state index in [1.165, 1.54) is 26.4 Å². The van der Waals surface area contributed by atoms with Crippen molar-refractivity contribution < 1.29 is 19.1 Å². The van der Waals surface area contributed by atoms with Crippen LogP contribution in [0.3, 0.4) is 0 Å². The Hall–Kier alpha value is -1.87. The van der Waals surface area contributed by atoms with Gasteiger partial charge in [-0.2, -0.15) is 0 Å². The summed E-state index contributed by atoms with van der Waals surface area (Å²) in [6.45, 7) is 6.93. The van der Waals surface area contributed by atoms with Gasteiger partial charge in [0.25, 0.3) is 0 Å². The Morgan fingerprint density at radius 1 is 1.18 bits per heavy atom. The van der Waals surface area contributed by atoms with Crippen LogP contribution in [0.2, 0.25) is 0 Å². The van der Waals surface area contributed by atoms with Crippen LogP contribution in [0.15, 0.2) is 16.6 Å². The minimum atomic E-state index is -0.692. The molecule has 1 aromatic carbocycles. The maximum atomic E-state index is 11.5. The number of carbonyl (C=O) groups excluding carboxylic acids is 2. The Labute approximate surface area is 106 Å². The second kappa shape index (κ2) is 5.46. The number of ether oxygens (including phenoxy) is 2. The number of halogens is 1. The molecule has 0 radical (unpaired) electrons. The molecule has 0 saturated carbocycles. The molecule has 1 rings (SSSR count). The maximum absolute atomic E-state index is 11.5. The second-order valence-corrected chi connectivity index (χ2v) is 3.80. The third kappa shape index (κ3) is 2.63. The standard InChI is InChI=1S/C11H8BrNO4/c1-13-9-5-7(11(15)17-3)6(4-8(9)12)10(14)16-2/h4-5H,2-3H3. The summed E-state index contributed by atoms with van der Waals surface area (Å²) in [5, 5.41) is 0. The smallest absolute Gasteiger partial charge is 0.338 e. The van der Waals surface area contributed by atoms with Crippen molar-refractivity contribution in [3.05, 3.63) is 39.1 Å². The van der Waals surface area contributed by atoms with E-state index in [0.29, 0.717) is 4.47 Å². The molecule has 6 heteroatoms. The van der Waals surface area contributed by atoms with Gasteiger partial charge in [0.2, 0.25) is 5.69 Å². The Kier molecular flexibility index (Phi) is 4.24. The highest BCUT2D eigenvalue weighted by Gasteiger charge is 2.20. The zero-order valence-corrected chi connectivity index (χ0v) is 10.7.